The van der Waals surface area contributed by atoms with E-state index in [-0.39, 0.29) is 5.92 Å². The van der Waals surface area contributed by atoms with Crippen molar-refractivity contribution in [1.29, 1.82) is 0 Å². The van der Waals surface area contributed by atoms with Crippen LogP contribution < -0.4 is 5.73 Å². The number of rotatable bonds is 3. The first-order valence-electron chi connectivity index (χ1n) is 5.25. The predicted octanol–water partition coefficient (Wildman–Crippen LogP) is 2.40. The molecule has 0 amide bonds. The molecule has 1 aliphatic rings. The molecule has 2 atom stereocenters. The lowest BCUT2D eigenvalue weighted by Crippen LogP contribution is -2.16. The van der Waals surface area contributed by atoms with E-state index in [1.54, 1.807) is 0 Å². The van der Waals surface area contributed by atoms with Crippen molar-refractivity contribution in [1.82, 2.24) is 0 Å². The summed E-state index contributed by atoms with van der Waals surface area (Å²) in [5.41, 5.74) is 7.90. The standard InChI is InChI=1S/C12H16FN/c13-12(7-8-14)11-6-5-9-3-1-2-4-10(9)11/h1-4,11-12H,5-8,14H2. The van der Waals surface area contributed by atoms with Gasteiger partial charge in [-0.3, -0.25) is 0 Å². The Hall–Kier alpha value is -0.890. The van der Waals surface area contributed by atoms with Crippen molar-refractivity contribution in [2.75, 3.05) is 6.54 Å². The van der Waals surface area contributed by atoms with Crippen molar-refractivity contribution in [3.63, 3.8) is 0 Å². The SMILES string of the molecule is NCCC(F)C1CCc2ccccc21. The molecule has 0 bridgehead atoms. The molecule has 0 fully saturated rings. The van der Waals surface area contributed by atoms with Crippen molar-refractivity contribution in [2.45, 2.75) is 31.4 Å². The Bertz CT molecular complexity index is 311. The van der Waals surface area contributed by atoms with Crippen LogP contribution in [-0.4, -0.2) is 12.7 Å². The molecule has 0 saturated heterocycles. The van der Waals surface area contributed by atoms with E-state index >= 15 is 0 Å². The maximum absolute atomic E-state index is 13.7. The zero-order chi connectivity index (χ0) is 9.97. The van der Waals surface area contributed by atoms with Gasteiger partial charge in [0.2, 0.25) is 0 Å². The van der Waals surface area contributed by atoms with Gasteiger partial charge in [0, 0.05) is 5.92 Å². The lowest BCUT2D eigenvalue weighted by atomic mass is 9.94. The molecule has 0 spiro atoms. The molecule has 0 radical (unpaired) electrons. The highest BCUT2D eigenvalue weighted by Gasteiger charge is 2.28. The normalized spacial score (nSPS) is 22.0. The maximum Gasteiger partial charge on any atom is 0.108 e. The Kier molecular flexibility index (Phi) is 2.82. The summed E-state index contributed by atoms with van der Waals surface area (Å²) in [6.07, 6.45) is 1.69. The van der Waals surface area contributed by atoms with E-state index in [0.29, 0.717) is 13.0 Å². The molecule has 2 rings (SSSR count). The minimum Gasteiger partial charge on any atom is -0.330 e. The summed E-state index contributed by atoms with van der Waals surface area (Å²) in [6.45, 7) is 0.444. The summed E-state index contributed by atoms with van der Waals surface area (Å²) in [7, 11) is 0. The van der Waals surface area contributed by atoms with Crippen molar-refractivity contribution >= 4 is 0 Å². The van der Waals surface area contributed by atoms with Crippen LogP contribution in [-0.2, 0) is 6.42 Å². The second kappa shape index (κ2) is 4.09. The van der Waals surface area contributed by atoms with Gasteiger partial charge < -0.3 is 5.73 Å². The fourth-order valence-corrected chi connectivity index (χ4v) is 2.33. The summed E-state index contributed by atoms with van der Waals surface area (Å²) >= 11 is 0. The number of fused-ring (bicyclic) bond motifs is 1. The van der Waals surface area contributed by atoms with Crippen LogP contribution in [0.15, 0.2) is 24.3 Å². The van der Waals surface area contributed by atoms with Gasteiger partial charge in [-0.2, -0.15) is 0 Å². The second-order valence-corrected chi connectivity index (χ2v) is 3.94. The zero-order valence-electron chi connectivity index (χ0n) is 8.25. The highest BCUT2D eigenvalue weighted by atomic mass is 19.1. The van der Waals surface area contributed by atoms with Crippen molar-refractivity contribution in [3.8, 4) is 0 Å². The Labute approximate surface area is 84.1 Å². The Morgan fingerprint density at radius 3 is 3.00 bits per heavy atom. The van der Waals surface area contributed by atoms with Gasteiger partial charge in [-0.05, 0) is 36.9 Å². The Morgan fingerprint density at radius 1 is 1.43 bits per heavy atom. The Balaban J connectivity index is 2.17. The Morgan fingerprint density at radius 2 is 2.21 bits per heavy atom. The molecule has 1 aromatic carbocycles. The third-order valence-electron chi connectivity index (χ3n) is 3.06. The average molecular weight is 193 g/mol. The van der Waals surface area contributed by atoms with E-state index in [2.05, 4.69) is 12.1 Å². The van der Waals surface area contributed by atoms with E-state index in [9.17, 15) is 4.39 Å². The van der Waals surface area contributed by atoms with Gasteiger partial charge in [-0.25, -0.2) is 4.39 Å². The lowest BCUT2D eigenvalue weighted by molar-refractivity contribution is 0.267. The third-order valence-corrected chi connectivity index (χ3v) is 3.06. The maximum atomic E-state index is 13.7. The largest absolute Gasteiger partial charge is 0.330 e. The smallest absolute Gasteiger partial charge is 0.108 e. The molecule has 0 heterocycles. The molecule has 2 unspecified atom stereocenters. The quantitative estimate of drug-likeness (QED) is 0.783. The van der Waals surface area contributed by atoms with Gasteiger partial charge in [-0.15, -0.1) is 0 Å². The van der Waals surface area contributed by atoms with Crippen LogP contribution in [0.25, 0.3) is 0 Å². The molecule has 0 aromatic heterocycles. The molecule has 0 saturated carbocycles. The third kappa shape index (κ3) is 1.67. The highest BCUT2D eigenvalue weighted by molar-refractivity contribution is 5.35. The monoisotopic (exact) mass is 193 g/mol. The van der Waals surface area contributed by atoms with Gasteiger partial charge in [-0.1, -0.05) is 24.3 Å². The number of halogens is 1. The molecular formula is C12H16FN. The van der Waals surface area contributed by atoms with E-state index in [0.717, 1.165) is 12.8 Å². The topological polar surface area (TPSA) is 26.0 Å². The van der Waals surface area contributed by atoms with Crippen LogP contribution in [0, 0.1) is 0 Å². The molecule has 2 N–H and O–H groups in total. The summed E-state index contributed by atoms with van der Waals surface area (Å²) in [6, 6.07) is 8.17. The number of benzene rings is 1. The lowest BCUT2D eigenvalue weighted by Gasteiger charge is -2.15. The number of aryl methyl sites for hydroxylation is 1. The molecule has 76 valence electrons. The van der Waals surface area contributed by atoms with Crippen molar-refractivity contribution in [3.05, 3.63) is 35.4 Å². The second-order valence-electron chi connectivity index (χ2n) is 3.94. The van der Waals surface area contributed by atoms with Crippen LogP contribution in [0.1, 0.15) is 29.9 Å². The van der Waals surface area contributed by atoms with Crippen LogP contribution in [0.3, 0.4) is 0 Å². The first-order valence-corrected chi connectivity index (χ1v) is 5.25. The molecule has 1 aromatic rings. The summed E-state index contributed by atoms with van der Waals surface area (Å²) in [5.74, 6) is 0.0924. The van der Waals surface area contributed by atoms with Crippen LogP contribution in [0.4, 0.5) is 4.39 Å². The average Bonchev–Trinajstić information content (AvgIpc) is 2.61. The summed E-state index contributed by atoms with van der Waals surface area (Å²) < 4.78 is 13.7. The fourth-order valence-electron chi connectivity index (χ4n) is 2.33. The number of hydrogen-bond donors (Lipinski definition) is 1. The summed E-state index contributed by atoms with van der Waals surface area (Å²) in [5, 5.41) is 0. The van der Waals surface area contributed by atoms with Gasteiger partial charge in [0.25, 0.3) is 0 Å². The predicted molar refractivity (Wildman–Crippen MR) is 56.1 cm³/mol. The molecule has 1 aliphatic carbocycles. The van der Waals surface area contributed by atoms with Gasteiger partial charge in [0.15, 0.2) is 0 Å². The van der Waals surface area contributed by atoms with E-state index in [1.165, 1.54) is 11.1 Å². The molecule has 1 nitrogen and oxygen atoms in total. The van der Waals surface area contributed by atoms with E-state index in [4.69, 9.17) is 5.73 Å². The number of alkyl halides is 1. The first-order chi connectivity index (χ1) is 6.83. The van der Waals surface area contributed by atoms with Crippen molar-refractivity contribution < 1.29 is 4.39 Å². The molecule has 0 aliphatic heterocycles. The number of nitrogens with two attached hydrogens (primary N) is 1. The van der Waals surface area contributed by atoms with Crippen LogP contribution in [0.2, 0.25) is 0 Å². The summed E-state index contributed by atoms with van der Waals surface area (Å²) in [4.78, 5) is 0. The highest BCUT2D eigenvalue weighted by Crippen LogP contribution is 2.37. The van der Waals surface area contributed by atoms with Gasteiger partial charge in [0.05, 0.1) is 0 Å². The zero-order valence-corrected chi connectivity index (χ0v) is 8.25. The molecule has 2 heteroatoms. The van der Waals surface area contributed by atoms with Crippen LogP contribution >= 0.6 is 0 Å². The van der Waals surface area contributed by atoms with Crippen LogP contribution in [0.5, 0.6) is 0 Å². The number of hydrogen-bond acceptors (Lipinski definition) is 1. The fraction of sp³-hybridized carbons (Fsp3) is 0.500. The molecule has 14 heavy (non-hydrogen) atoms. The van der Waals surface area contributed by atoms with E-state index < -0.39 is 6.17 Å². The van der Waals surface area contributed by atoms with Gasteiger partial charge in [0.1, 0.15) is 6.17 Å². The minimum absolute atomic E-state index is 0.0924. The van der Waals surface area contributed by atoms with Crippen molar-refractivity contribution in [2.24, 2.45) is 5.73 Å². The van der Waals surface area contributed by atoms with E-state index in [1.807, 2.05) is 12.1 Å². The minimum atomic E-state index is -0.761. The molecular weight excluding hydrogens is 177 g/mol. The van der Waals surface area contributed by atoms with Gasteiger partial charge >= 0.3 is 0 Å². The first kappa shape index (κ1) is 9.66.